The maximum Gasteiger partial charge on any atom is 0.192 e. The molecule has 0 radical (unpaired) electrons. The van der Waals surface area contributed by atoms with Crippen molar-refractivity contribution in [2.24, 2.45) is 0 Å². The maximum atomic E-state index is 6.57. The zero-order valence-corrected chi connectivity index (χ0v) is 17.1. The van der Waals surface area contributed by atoms with Crippen LogP contribution in [0.25, 0.3) is 0 Å². The highest BCUT2D eigenvalue weighted by Gasteiger charge is 2.41. The van der Waals surface area contributed by atoms with Gasteiger partial charge < -0.3 is 14.5 Å². The van der Waals surface area contributed by atoms with Crippen LogP contribution in [-0.2, 0) is 9.16 Å². The lowest BCUT2D eigenvalue weighted by Crippen LogP contribution is -2.52. The summed E-state index contributed by atoms with van der Waals surface area (Å²) >= 11 is 12.2. The topological polar surface area (TPSA) is 30.5 Å². The van der Waals surface area contributed by atoms with Gasteiger partial charge in [-0.2, -0.15) is 0 Å². The second-order valence-electron chi connectivity index (χ2n) is 7.69. The van der Waals surface area contributed by atoms with Gasteiger partial charge in [-0.15, -0.1) is 0 Å². The number of benzene rings is 1. The van der Waals surface area contributed by atoms with E-state index >= 15 is 0 Å². The number of hydrogen-bond donors (Lipinski definition) is 1. The molecule has 0 aromatic heterocycles. The molecule has 130 valence electrons. The molecule has 1 saturated heterocycles. The van der Waals surface area contributed by atoms with Gasteiger partial charge in [0.1, 0.15) is 0 Å². The number of halogens is 2. The number of ether oxygens (including phenoxy) is 1. The van der Waals surface area contributed by atoms with Crippen molar-refractivity contribution in [3.8, 4) is 0 Å². The van der Waals surface area contributed by atoms with Gasteiger partial charge in [0.15, 0.2) is 8.32 Å². The van der Waals surface area contributed by atoms with Crippen molar-refractivity contribution in [1.29, 1.82) is 0 Å². The highest BCUT2D eigenvalue weighted by atomic mass is 35.5. The highest BCUT2D eigenvalue weighted by molar-refractivity contribution is 6.74. The lowest BCUT2D eigenvalue weighted by Gasteiger charge is -2.43. The predicted molar refractivity (Wildman–Crippen MR) is 101 cm³/mol. The Morgan fingerprint density at radius 2 is 1.78 bits per heavy atom. The molecule has 2 rings (SSSR count). The molecule has 23 heavy (non-hydrogen) atoms. The van der Waals surface area contributed by atoms with E-state index in [0.29, 0.717) is 16.7 Å². The lowest BCUT2D eigenvalue weighted by atomic mass is 10.1. The van der Waals surface area contributed by atoms with Gasteiger partial charge in [0.25, 0.3) is 0 Å². The highest BCUT2D eigenvalue weighted by Crippen LogP contribution is 2.38. The zero-order chi connectivity index (χ0) is 17.3. The monoisotopic (exact) mass is 375 g/mol. The fourth-order valence-corrected chi connectivity index (χ4v) is 4.27. The summed E-state index contributed by atoms with van der Waals surface area (Å²) in [7, 11) is -1.85. The Hall–Kier alpha value is -0.263. The summed E-state index contributed by atoms with van der Waals surface area (Å²) in [5.41, 5.74) is 0.929. The third-order valence-electron chi connectivity index (χ3n) is 4.77. The number of hydrogen-bond acceptors (Lipinski definition) is 3. The van der Waals surface area contributed by atoms with Crippen molar-refractivity contribution in [2.75, 3.05) is 18.5 Å². The summed E-state index contributed by atoms with van der Waals surface area (Å²) in [6.45, 7) is 12.7. The van der Waals surface area contributed by atoms with Gasteiger partial charge in [-0.1, -0.05) is 44.0 Å². The average Bonchev–Trinajstić information content (AvgIpc) is 2.38. The summed E-state index contributed by atoms with van der Waals surface area (Å²) in [6.07, 6.45) is 0.950. The maximum absolute atomic E-state index is 6.57. The summed E-state index contributed by atoms with van der Waals surface area (Å²) in [4.78, 5) is 0. The minimum atomic E-state index is -1.85. The first-order valence-corrected chi connectivity index (χ1v) is 11.7. The smallest absolute Gasteiger partial charge is 0.192 e. The van der Waals surface area contributed by atoms with Crippen molar-refractivity contribution in [2.45, 2.75) is 57.5 Å². The second-order valence-corrected chi connectivity index (χ2v) is 13.3. The van der Waals surface area contributed by atoms with Crippen LogP contribution in [0.2, 0.25) is 28.2 Å². The molecule has 1 aromatic carbocycles. The standard InChI is InChI=1S/C17H27Cl2NO2Si/c1-17(2,3)23(4,5)22-16-11-21-7-6-15(16)20-14-9-12(18)8-13(19)10-14/h8-10,15-16,20H,6-7,11H2,1-5H3/t15-,16-/m0/s1. The van der Waals surface area contributed by atoms with Crippen LogP contribution in [0.5, 0.6) is 0 Å². The van der Waals surface area contributed by atoms with E-state index in [1.807, 2.05) is 12.1 Å². The van der Waals surface area contributed by atoms with Gasteiger partial charge >= 0.3 is 0 Å². The molecule has 1 aliphatic rings. The Kier molecular flexibility index (Phi) is 6.07. The Morgan fingerprint density at radius 1 is 1.17 bits per heavy atom. The van der Waals surface area contributed by atoms with E-state index in [1.165, 1.54) is 0 Å². The van der Waals surface area contributed by atoms with E-state index in [2.05, 4.69) is 39.2 Å². The molecule has 0 bridgehead atoms. The first kappa shape index (κ1) is 19.1. The van der Waals surface area contributed by atoms with Gasteiger partial charge in [-0.25, -0.2) is 0 Å². The van der Waals surface area contributed by atoms with Gasteiger partial charge in [0.05, 0.1) is 18.8 Å². The van der Waals surface area contributed by atoms with E-state index in [1.54, 1.807) is 6.07 Å². The predicted octanol–water partition coefficient (Wildman–Crippen LogP) is 5.58. The van der Waals surface area contributed by atoms with Crippen LogP contribution in [0.4, 0.5) is 5.69 Å². The molecule has 0 unspecified atom stereocenters. The van der Waals surface area contributed by atoms with Gasteiger partial charge in [-0.05, 0) is 42.8 Å². The van der Waals surface area contributed by atoms with E-state index in [0.717, 1.165) is 18.7 Å². The molecule has 0 spiro atoms. The summed E-state index contributed by atoms with van der Waals surface area (Å²) < 4.78 is 12.2. The van der Waals surface area contributed by atoms with E-state index in [-0.39, 0.29) is 17.2 Å². The second kappa shape index (κ2) is 7.32. The third-order valence-corrected chi connectivity index (χ3v) is 9.71. The van der Waals surface area contributed by atoms with Crippen LogP contribution in [0, 0.1) is 0 Å². The zero-order valence-electron chi connectivity index (χ0n) is 14.6. The molecule has 0 saturated carbocycles. The van der Waals surface area contributed by atoms with Crippen LogP contribution in [-0.4, -0.2) is 33.7 Å². The number of rotatable bonds is 4. The Bertz CT molecular complexity index is 526. The molecule has 1 heterocycles. The molecule has 1 aliphatic heterocycles. The Balaban J connectivity index is 2.12. The molecule has 3 nitrogen and oxygen atoms in total. The largest absolute Gasteiger partial charge is 0.409 e. The van der Waals surface area contributed by atoms with Gasteiger partial charge in [0, 0.05) is 22.3 Å². The fourth-order valence-electron chi connectivity index (χ4n) is 2.40. The van der Waals surface area contributed by atoms with Crippen LogP contribution < -0.4 is 5.32 Å². The summed E-state index contributed by atoms with van der Waals surface area (Å²) in [6, 6.07) is 5.73. The molecular formula is C17H27Cl2NO2Si. The number of nitrogens with one attached hydrogen (secondary N) is 1. The summed E-state index contributed by atoms with van der Waals surface area (Å²) in [5.74, 6) is 0. The van der Waals surface area contributed by atoms with Gasteiger partial charge in [-0.3, -0.25) is 0 Å². The number of anilines is 1. The van der Waals surface area contributed by atoms with Crippen LogP contribution >= 0.6 is 23.2 Å². The third kappa shape index (κ3) is 5.10. The molecule has 1 fully saturated rings. The molecule has 0 amide bonds. The summed E-state index contributed by atoms with van der Waals surface area (Å²) in [5, 5.41) is 4.98. The molecule has 1 aromatic rings. The fraction of sp³-hybridized carbons (Fsp3) is 0.647. The van der Waals surface area contributed by atoms with Crippen molar-refractivity contribution >= 4 is 37.2 Å². The van der Waals surface area contributed by atoms with E-state index in [9.17, 15) is 0 Å². The van der Waals surface area contributed by atoms with E-state index < -0.39 is 8.32 Å². The Labute approximate surface area is 150 Å². The molecular weight excluding hydrogens is 349 g/mol. The minimum Gasteiger partial charge on any atom is -0.409 e. The van der Waals surface area contributed by atoms with Crippen molar-refractivity contribution in [3.05, 3.63) is 28.2 Å². The van der Waals surface area contributed by atoms with E-state index in [4.69, 9.17) is 32.4 Å². The van der Waals surface area contributed by atoms with Crippen molar-refractivity contribution < 1.29 is 9.16 Å². The van der Waals surface area contributed by atoms with Crippen molar-refractivity contribution in [3.63, 3.8) is 0 Å². The molecule has 1 N–H and O–H groups in total. The van der Waals surface area contributed by atoms with Crippen LogP contribution in [0.3, 0.4) is 0 Å². The minimum absolute atomic E-state index is 0.0439. The first-order chi connectivity index (χ1) is 10.6. The molecule has 0 aliphatic carbocycles. The van der Waals surface area contributed by atoms with Crippen LogP contribution in [0.15, 0.2) is 18.2 Å². The van der Waals surface area contributed by atoms with Crippen LogP contribution in [0.1, 0.15) is 27.2 Å². The lowest BCUT2D eigenvalue weighted by molar-refractivity contribution is -0.00694. The Morgan fingerprint density at radius 3 is 2.35 bits per heavy atom. The normalized spacial score (nSPS) is 22.9. The van der Waals surface area contributed by atoms with Crippen molar-refractivity contribution in [1.82, 2.24) is 0 Å². The molecule has 2 atom stereocenters. The molecule has 6 heteroatoms. The average molecular weight is 376 g/mol. The first-order valence-electron chi connectivity index (χ1n) is 8.07. The van der Waals surface area contributed by atoms with Gasteiger partial charge in [0.2, 0.25) is 0 Å². The quantitative estimate of drug-likeness (QED) is 0.696. The SMILES string of the molecule is CC(C)(C)[Si](C)(C)O[C@H]1COCC[C@@H]1Nc1cc(Cl)cc(Cl)c1.